The van der Waals surface area contributed by atoms with E-state index in [1.165, 1.54) is 51.6 Å². The smallest absolute Gasteiger partial charge is 0.238 e. The van der Waals surface area contributed by atoms with E-state index in [0.717, 1.165) is 43.4 Å². The summed E-state index contributed by atoms with van der Waals surface area (Å²) in [5.74, 6) is 0.986. The second kappa shape index (κ2) is 9.07. The van der Waals surface area contributed by atoms with Gasteiger partial charge in [0.25, 0.3) is 0 Å². The lowest BCUT2D eigenvalue weighted by Crippen LogP contribution is -2.46. The van der Waals surface area contributed by atoms with Crippen LogP contribution >= 0.6 is 0 Å². The molecule has 1 saturated carbocycles. The molecule has 148 valence electrons. The lowest BCUT2D eigenvalue weighted by atomic mass is 9.90. The summed E-state index contributed by atoms with van der Waals surface area (Å²) in [6.45, 7) is 4.91. The molecule has 5 nitrogen and oxygen atoms in total. The first kappa shape index (κ1) is 18.8. The molecule has 4 rings (SSSR count). The summed E-state index contributed by atoms with van der Waals surface area (Å²) in [7, 11) is 0. The van der Waals surface area contributed by atoms with E-state index in [1.54, 1.807) is 0 Å². The maximum Gasteiger partial charge on any atom is 0.238 e. The summed E-state index contributed by atoms with van der Waals surface area (Å²) in [4.78, 5) is 17.1. The van der Waals surface area contributed by atoms with Crippen LogP contribution in [0.25, 0.3) is 0 Å². The van der Waals surface area contributed by atoms with Crippen LogP contribution in [0.3, 0.4) is 0 Å². The number of rotatable bonds is 6. The van der Waals surface area contributed by atoms with Crippen LogP contribution in [0.5, 0.6) is 5.75 Å². The third-order valence-corrected chi connectivity index (χ3v) is 6.32. The minimum absolute atomic E-state index is 0.0777. The fourth-order valence-corrected chi connectivity index (χ4v) is 4.44. The van der Waals surface area contributed by atoms with E-state index in [4.69, 9.17) is 4.74 Å². The lowest BCUT2D eigenvalue weighted by Gasteiger charge is -2.41. The average Bonchev–Trinajstić information content (AvgIpc) is 2.64. The molecule has 0 spiro atoms. The van der Waals surface area contributed by atoms with Gasteiger partial charge in [-0.15, -0.1) is 0 Å². The van der Waals surface area contributed by atoms with Crippen LogP contribution in [0.1, 0.15) is 51.4 Å². The first-order valence-electron chi connectivity index (χ1n) is 10.8. The van der Waals surface area contributed by atoms with Crippen LogP contribution in [-0.2, 0) is 4.79 Å². The predicted octanol–water partition coefficient (Wildman–Crippen LogP) is 3.51. The van der Waals surface area contributed by atoms with E-state index < -0.39 is 0 Å². The molecule has 0 unspecified atom stereocenters. The summed E-state index contributed by atoms with van der Waals surface area (Å²) in [5, 5.41) is 3.01. The molecule has 0 radical (unpaired) electrons. The zero-order valence-corrected chi connectivity index (χ0v) is 16.4. The van der Waals surface area contributed by atoms with E-state index in [-0.39, 0.29) is 5.91 Å². The summed E-state index contributed by atoms with van der Waals surface area (Å²) in [6, 6.07) is 8.71. The topological polar surface area (TPSA) is 44.8 Å². The highest BCUT2D eigenvalue weighted by atomic mass is 16.5. The molecule has 2 saturated heterocycles. The van der Waals surface area contributed by atoms with Crippen molar-refractivity contribution in [1.82, 2.24) is 9.80 Å². The third-order valence-electron chi connectivity index (χ3n) is 6.32. The van der Waals surface area contributed by atoms with Crippen molar-refractivity contribution in [2.75, 3.05) is 38.0 Å². The molecule has 1 aromatic carbocycles. The number of carbonyl (C=O) groups excluding carboxylic acids is 1. The maximum absolute atomic E-state index is 12.2. The number of hydrogen-bond donors (Lipinski definition) is 1. The highest BCUT2D eigenvalue weighted by Crippen LogP contribution is 2.28. The van der Waals surface area contributed by atoms with Crippen molar-refractivity contribution < 1.29 is 9.53 Å². The molecule has 3 fully saturated rings. The number of benzene rings is 1. The Morgan fingerprint density at radius 3 is 2.26 bits per heavy atom. The summed E-state index contributed by atoms with van der Waals surface area (Å²) in [6.07, 6.45) is 10.4. The van der Waals surface area contributed by atoms with Gasteiger partial charge in [-0.1, -0.05) is 12.8 Å². The van der Waals surface area contributed by atoms with Crippen LogP contribution in [-0.4, -0.2) is 60.6 Å². The first-order valence-corrected chi connectivity index (χ1v) is 10.8. The maximum atomic E-state index is 12.2. The molecule has 2 aliphatic heterocycles. The van der Waals surface area contributed by atoms with Crippen LogP contribution < -0.4 is 10.1 Å². The molecule has 0 bridgehead atoms. The molecule has 1 amide bonds. The summed E-state index contributed by atoms with van der Waals surface area (Å²) >= 11 is 0. The third kappa shape index (κ3) is 5.23. The van der Waals surface area contributed by atoms with Gasteiger partial charge in [0.1, 0.15) is 11.9 Å². The molecule has 2 heterocycles. The van der Waals surface area contributed by atoms with Gasteiger partial charge in [0.15, 0.2) is 0 Å². The van der Waals surface area contributed by atoms with Crippen molar-refractivity contribution in [2.24, 2.45) is 0 Å². The number of nitrogens with one attached hydrogen (secondary N) is 1. The SMILES string of the molecule is O=C(CN1CCCCC1)Nc1ccc(OC2CCN(C3CCC3)CC2)cc1. The van der Waals surface area contributed by atoms with Crippen molar-refractivity contribution in [3.05, 3.63) is 24.3 Å². The minimum atomic E-state index is 0.0777. The molecule has 1 N–H and O–H groups in total. The molecular weight excluding hydrogens is 338 g/mol. The second-order valence-electron chi connectivity index (χ2n) is 8.35. The Bertz CT molecular complexity index is 600. The average molecular weight is 372 g/mol. The molecule has 0 aromatic heterocycles. The second-order valence-corrected chi connectivity index (χ2v) is 8.35. The zero-order chi connectivity index (χ0) is 18.5. The Labute approximate surface area is 163 Å². The van der Waals surface area contributed by atoms with Crippen molar-refractivity contribution in [3.8, 4) is 5.75 Å². The van der Waals surface area contributed by atoms with Gasteiger partial charge in [0, 0.05) is 24.8 Å². The van der Waals surface area contributed by atoms with Crippen molar-refractivity contribution in [2.45, 2.75) is 63.5 Å². The Morgan fingerprint density at radius 2 is 1.63 bits per heavy atom. The van der Waals surface area contributed by atoms with Crippen molar-refractivity contribution >= 4 is 11.6 Å². The Morgan fingerprint density at radius 1 is 0.926 bits per heavy atom. The zero-order valence-electron chi connectivity index (χ0n) is 16.4. The number of hydrogen-bond acceptors (Lipinski definition) is 4. The minimum Gasteiger partial charge on any atom is -0.490 e. The van der Waals surface area contributed by atoms with Gasteiger partial charge in [-0.2, -0.15) is 0 Å². The number of ether oxygens (including phenoxy) is 1. The van der Waals surface area contributed by atoms with Crippen molar-refractivity contribution in [3.63, 3.8) is 0 Å². The highest BCUT2D eigenvalue weighted by molar-refractivity contribution is 5.92. The fraction of sp³-hybridized carbons (Fsp3) is 0.682. The number of carbonyl (C=O) groups is 1. The van der Waals surface area contributed by atoms with Gasteiger partial charge in [0.2, 0.25) is 5.91 Å². The number of piperidine rings is 2. The largest absolute Gasteiger partial charge is 0.490 e. The van der Waals surface area contributed by atoms with E-state index in [9.17, 15) is 4.79 Å². The molecule has 3 aliphatic rings. The highest BCUT2D eigenvalue weighted by Gasteiger charge is 2.29. The van der Waals surface area contributed by atoms with E-state index in [1.807, 2.05) is 24.3 Å². The summed E-state index contributed by atoms with van der Waals surface area (Å²) < 4.78 is 6.17. The van der Waals surface area contributed by atoms with Gasteiger partial charge in [-0.3, -0.25) is 9.69 Å². The van der Waals surface area contributed by atoms with Gasteiger partial charge in [0.05, 0.1) is 6.54 Å². The number of anilines is 1. The van der Waals surface area contributed by atoms with Crippen molar-refractivity contribution in [1.29, 1.82) is 0 Å². The molecule has 1 aliphatic carbocycles. The molecule has 5 heteroatoms. The van der Waals surface area contributed by atoms with Crippen LogP contribution in [0.4, 0.5) is 5.69 Å². The van der Waals surface area contributed by atoms with Crippen LogP contribution in [0.15, 0.2) is 24.3 Å². The summed E-state index contributed by atoms with van der Waals surface area (Å²) in [5.41, 5.74) is 0.851. The van der Waals surface area contributed by atoms with E-state index in [2.05, 4.69) is 15.1 Å². The number of likely N-dealkylation sites (tertiary alicyclic amines) is 2. The molecule has 1 aromatic rings. The van der Waals surface area contributed by atoms with Gasteiger partial charge >= 0.3 is 0 Å². The standard InChI is InChI=1S/C22H33N3O2/c26-22(17-24-13-2-1-3-14-24)23-18-7-9-20(10-8-18)27-21-11-15-25(16-12-21)19-5-4-6-19/h7-10,19,21H,1-6,11-17H2,(H,23,26). The Kier molecular flexibility index (Phi) is 6.30. The van der Waals surface area contributed by atoms with E-state index in [0.29, 0.717) is 12.6 Å². The quantitative estimate of drug-likeness (QED) is 0.831. The van der Waals surface area contributed by atoms with Crippen LogP contribution in [0, 0.1) is 0 Å². The predicted molar refractivity (Wildman–Crippen MR) is 108 cm³/mol. The van der Waals surface area contributed by atoms with Gasteiger partial charge in [-0.05, 0) is 75.9 Å². The van der Waals surface area contributed by atoms with Gasteiger partial charge < -0.3 is 15.0 Å². The van der Waals surface area contributed by atoms with Gasteiger partial charge in [-0.25, -0.2) is 0 Å². The number of amides is 1. The molecular formula is C22H33N3O2. The first-order chi connectivity index (χ1) is 13.3. The molecule has 27 heavy (non-hydrogen) atoms. The monoisotopic (exact) mass is 371 g/mol. The fourth-order valence-electron chi connectivity index (χ4n) is 4.44. The molecule has 0 atom stereocenters. The lowest BCUT2D eigenvalue weighted by molar-refractivity contribution is -0.117. The van der Waals surface area contributed by atoms with E-state index >= 15 is 0 Å². The normalized spacial score (nSPS) is 23.0. The number of nitrogens with zero attached hydrogens (tertiary/aromatic N) is 2. The Balaban J connectivity index is 1.20. The van der Waals surface area contributed by atoms with Crippen LogP contribution in [0.2, 0.25) is 0 Å². The Hall–Kier alpha value is -1.59.